The van der Waals surface area contributed by atoms with E-state index in [0.29, 0.717) is 5.56 Å². The first-order valence-corrected chi connectivity index (χ1v) is 15.5. The van der Waals surface area contributed by atoms with Gasteiger partial charge >= 0.3 is 12.4 Å². The summed E-state index contributed by atoms with van der Waals surface area (Å²) in [6.07, 6.45) is -10.1. The van der Waals surface area contributed by atoms with Gasteiger partial charge in [0.25, 0.3) is 0 Å². The van der Waals surface area contributed by atoms with Crippen LogP contribution in [0.3, 0.4) is 0 Å². The minimum absolute atomic E-state index is 0.119. The summed E-state index contributed by atoms with van der Waals surface area (Å²) in [5.74, 6) is 0. The summed E-state index contributed by atoms with van der Waals surface area (Å²) in [5.41, 5.74) is -2.61. The zero-order valence-corrected chi connectivity index (χ0v) is 25.1. The lowest BCUT2D eigenvalue weighted by Crippen LogP contribution is -2.39. The molecule has 4 aromatic rings. The fourth-order valence-electron chi connectivity index (χ4n) is 4.75. The molecule has 4 aromatic carbocycles. The van der Waals surface area contributed by atoms with Gasteiger partial charge in [0.1, 0.15) is 11.0 Å². The van der Waals surface area contributed by atoms with Crippen LogP contribution < -0.4 is 15.9 Å². The topological polar surface area (TPSA) is 20.3 Å². The first kappa shape index (κ1) is 31.9. The molecule has 0 radical (unpaired) electrons. The monoisotopic (exact) mass is 621 g/mol. The van der Waals surface area contributed by atoms with E-state index in [1.165, 1.54) is 11.4 Å². The molecule has 10 heteroatoms. The number of hydrogen-bond acceptors (Lipinski definition) is 1. The molecule has 0 aliphatic carbocycles. The Morgan fingerprint density at radius 1 is 0.667 bits per heavy atom. The predicted octanol–water partition coefficient (Wildman–Crippen LogP) is 7.97. The fraction of sp³-hybridized carbons (Fsp3) is 0.250. The Morgan fingerprint density at radius 2 is 1.10 bits per heavy atom. The van der Waals surface area contributed by atoms with Crippen molar-refractivity contribution >= 4 is 34.8 Å². The summed E-state index contributed by atoms with van der Waals surface area (Å²) in [5, 5.41) is 2.63. The van der Waals surface area contributed by atoms with Crippen molar-refractivity contribution in [2.45, 2.75) is 43.9 Å². The quantitative estimate of drug-likeness (QED) is 0.152. The lowest BCUT2D eigenvalue weighted by molar-refractivity contribution is -0.143. The molecule has 0 aliphatic heterocycles. The molecule has 0 saturated carbocycles. The molecule has 42 heavy (non-hydrogen) atoms. The van der Waals surface area contributed by atoms with E-state index in [9.17, 15) is 30.6 Å². The summed E-state index contributed by atoms with van der Waals surface area (Å²) >= 11 is 0. The van der Waals surface area contributed by atoms with Gasteiger partial charge in [-0.25, -0.2) is 8.51 Å². The van der Waals surface area contributed by atoms with Crippen molar-refractivity contribution in [2.75, 3.05) is 7.05 Å². The summed E-state index contributed by atoms with van der Waals surface area (Å²) in [7, 11) is -1.62. The molecule has 0 heterocycles. The highest BCUT2D eigenvalue weighted by Gasteiger charge is 2.40. The first-order chi connectivity index (χ1) is 19.6. The van der Waals surface area contributed by atoms with Crippen LogP contribution in [-0.4, -0.2) is 20.3 Å². The predicted molar refractivity (Wildman–Crippen MR) is 159 cm³/mol. The Labute approximate surface area is 245 Å². The molecule has 2 atom stereocenters. The third kappa shape index (κ3) is 7.13. The zero-order valence-electron chi connectivity index (χ0n) is 23.4. The standard InChI is InChI=1S/C32H30F6NOPS/c1-30(2,3)42(40)39(4)29(22-19-23(31(33,34)35)21-24(20-22)32(36,37)38)27-17-11-12-18-28(27)41(25-13-7-5-8-14-25)26-15-9-6-10-16-26/h5-21,29H,1-4H3/t29-,42?/m1/s1. The zero-order chi connectivity index (χ0) is 30.9. The molecule has 0 bridgehead atoms. The van der Waals surface area contributed by atoms with E-state index in [1.807, 2.05) is 66.7 Å². The van der Waals surface area contributed by atoms with Crippen molar-refractivity contribution in [3.8, 4) is 0 Å². The summed E-state index contributed by atoms with van der Waals surface area (Å²) in [6.45, 7) is 5.12. The molecule has 0 N–H and O–H groups in total. The number of nitrogens with zero attached hydrogens (tertiary/aromatic N) is 1. The van der Waals surface area contributed by atoms with Crippen molar-refractivity contribution in [3.05, 3.63) is 125 Å². The van der Waals surface area contributed by atoms with E-state index < -0.39 is 53.2 Å². The van der Waals surface area contributed by atoms with Crippen LogP contribution in [-0.2, 0) is 23.3 Å². The van der Waals surface area contributed by atoms with Gasteiger partial charge in [0.15, 0.2) is 0 Å². The fourth-order valence-corrected chi connectivity index (χ4v) is 8.53. The van der Waals surface area contributed by atoms with E-state index in [-0.39, 0.29) is 11.6 Å². The highest BCUT2D eigenvalue weighted by molar-refractivity contribution is 7.84. The van der Waals surface area contributed by atoms with Gasteiger partial charge in [-0.15, -0.1) is 0 Å². The number of alkyl halides is 6. The first-order valence-electron chi connectivity index (χ1n) is 13.0. The van der Waals surface area contributed by atoms with Gasteiger partial charge in [-0.2, -0.15) is 26.3 Å². The van der Waals surface area contributed by atoms with Crippen molar-refractivity contribution in [1.29, 1.82) is 0 Å². The number of halogens is 6. The lowest BCUT2D eigenvalue weighted by Gasteiger charge is -2.35. The second-order valence-electron chi connectivity index (χ2n) is 10.7. The molecule has 1 unspecified atom stereocenters. The smallest absolute Gasteiger partial charge is 0.242 e. The summed E-state index contributed by atoms with van der Waals surface area (Å²) in [6, 6.07) is 26.5. The van der Waals surface area contributed by atoms with Crippen LogP contribution in [0.4, 0.5) is 26.3 Å². The van der Waals surface area contributed by atoms with Gasteiger partial charge in [-0.1, -0.05) is 84.9 Å². The molecular weight excluding hydrogens is 591 g/mol. The third-order valence-electron chi connectivity index (χ3n) is 6.58. The van der Waals surface area contributed by atoms with Crippen LogP contribution in [0.5, 0.6) is 0 Å². The van der Waals surface area contributed by atoms with Crippen LogP contribution >= 0.6 is 7.92 Å². The average Bonchev–Trinajstić information content (AvgIpc) is 2.93. The minimum atomic E-state index is -5.03. The number of benzene rings is 4. The Hall–Kier alpha value is -3.00. The van der Waals surface area contributed by atoms with Gasteiger partial charge in [-0.05, 0) is 73.9 Å². The molecule has 0 saturated heterocycles. The maximum atomic E-state index is 14.0. The van der Waals surface area contributed by atoms with E-state index in [2.05, 4.69) is 0 Å². The van der Waals surface area contributed by atoms with Gasteiger partial charge in [0.05, 0.1) is 21.9 Å². The van der Waals surface area contributed by atoms with Crippen molar-refractivity contribution in [2.24, 2.45) is 0 Å². The minimum Gasteiger partial charge on any atom is -0.242 e. The van der Waals surface area contributed by atoms with Gasteiger partial charge in [0, 0.05) is 7.05 Å². The number of hydrogen-bond donors (Lipinski definition) is 0. The molecule has 2 nitrogen and oxygen atoms in total. The Kier molecular flexibility index (Phi) is 9.36. The largest absolute Gasteiger partial charge is 0.416 e. The number of rotatable bonds is 7. The maximum Gasteiger partial charge on any atom is 0.416 e. The maximum absolute atomic E-state index is 14.0. The van der Waals surface area contributed by atoms with E-state index in [1.54, 1.807) is 39.0 Å². The van der Waals surface area contributed by atoms with Crippen LogP contribution in [0.2, 0.25) is 0 Å². The molecule has 0 fully saturated rings. The highest BCUT2D eigenvalue weighted by Crippen LogP contribution is 2.43. The van der Waals surface area contributed by atoms with Crippen LogP contribution in [0.15, 0.2) is 103 Å². The van der Waals surface area contributed by atoms with Gasteiger partial charge < -0.3 is 0 Å². The van der Waals surface area contributed by atoms with Crippen LogP contribution in [0.1, 0.15) is 49.1 Å². The second kappa shape index (κ2) is 12.3. The molecule has 0 aliphatic rings. The van der Waals surface area contributed by atoms with Crippen molar-refractivity contribution < 1.29 is 30.6 Å². The lowest BCUT2D eigenvalue weighted by atomic mass is 9.94. The Bertz CT molecular complexity index is 1460. The summed E-state index contributed by atoms with van der Waals surface area (Å²) < 4.78 is 98.0. The van der Waals surface area contributed by atoms with E-state index in [0.717, 1.165) is 28.0 Å². The Morgan fingerprint density at radius 3 is 1.52 bits per heavy atom. The van der Waals surface area contributed by atoms with E-state index >= 15 is 0 Å². The molecule has 0 spiro atoms. The normalized spacial score (nSPS) is 14.3. The third-order valence-corrected chi connectivity index (χ3v) is 10.9. The molecule has 222 valence electrons. The van der Waals surface area contributed by atoms with E-state index in [4.69, 9.17) is 0 Å². The van der Waals surface area contributed by atoms with Crippen LogP contribution in [0, 0.1) is 0 Å². The summed E-state index contributed by atoms with van der Waals surface area (Å²) in [4.78, 5) is 0. The van der Waals surface area contributed by atoms with Crippen molar-refractivity contribution in [3.63, 3.8) is 0 Å². The molecular formula is C32H30F6NOPS. The average molecular weight is 622 g/mol. The second-order valence-corrected chi connectivity index (χ2v) is 15.2. The van der Waals surface area contributed by atoms with Gasteiger partial charge in [-0.3, -0.25) is 0 Å². The highest BCUT2D eigenvalue weighted by atomic mass is 32.2. The SMILES string of the molecule is CN([C@H](c1cc(C(F)(F)F)cc(C(F)(F)F)c1)c1ccccc1P(c1ccccc1)c1ccccc1)S(=O)C(C)(C)C. The molecule has 0 aromatic heterocycles. The van der Waals surface area contributed by atoms with Crippen molar-refractivity contribution in [1.82, 2.24) is 4.31 Å². The molecule has 0 amide bonds. The van der Waals surface area contributed by atoms with Crippen LogP contribution in [0.25, 0.3) is 0 Å². The molecule has 4 rings (SSSR count). The Balaban J connectivity index is 2.06. The van der Waals surface area contributed by atoms with Gasteiger partial charge in [0.2, 0.25) is 0 Å².